The molecule has 0 amide bonds. The lowest BCUT2D eigenvalue weighted by molar-refractivity contribution is 0.478. The zero-order valence-electron chi connectivity index (χ0n) is 10.5. The van der Waals surface area contributed by atoms with Crippen LogP contribution in [0.5, 0.6) is 0 Å². The number of nitriles is 1. The second kappa shape index (κ2) is 5.99. The number of nitrogens with one attached hydrogen (secondary N) is 1. The molecule has 1 aliphatic rings. The van der Waals surface area contributed by atoms with Crippen LogP contribution in [0.25, 0.3) is 0 Å². The largest absolute Gasteiger partial charge is 0.383 e. The van der Waals surface area contributed by atoms with E-state index in [1.54, 1.807) is 16.4 Å². The highest BCUT2D eigenvalue weighted by atomic mass is 32.2. The van der Waals surface area contributed by atoms with E-state index in [0.29, 0.717) is 25.3 Å². The number of aromatic nitrogens is 1. The minimum Gasteiger partial charge on any atom is -0.383 e. The summed E-state index contributed by atoms with van der Waals surface area (Å²) in [5, 5.41) is 11.6. The highest BCUT2D eigenvalue weighted by Gasteiger charge is 2.24. The Morgan fingerprint density at radius 3 is 2.68 bits per heavy atom. The standard InChI is InChI=1S/C12H16N4O2S/c13-9-11-3-4-12(10-15-11)14-5-8-19(17,18)16-6-1-2-7-16/h3-4,10,14H,1-2,5-8H2. The van der Waals surface area contributed by atoms with Crippen molar-refractivity contribution in [2.75, 3.05) is 30.7 Å². The highest BCUT2D eigenvalue weighted by Crippen LogP contribution is 2.13. The molecule has 1 N–H and O–H groups in total. The first kappa shape index (κ1) is 13.8. The molecule has 0 unspecified atom stereocenters. The van der Waals surface area contributed by atoms with E-state index in [0.717, 1.165) is 18.5 Å². The normalized spacial score (nSPS) is 16.2. The van der Waals surface area contributed by atoms with Crippen LogP contribution in [0, 0.1) is 11.3 Å². The topological polar surface area (TPSA) is 86.1 Å². The van der Waals surface area contributed by atoms with Crippen LogP contribution in [0.1, 0.15) is 18.5 Å². The number of hydrogen-bond donors (Lipinski definition) is 1. The molecule has 102 valence electrons. The quantitative estimate of drug-likeness (QED) is 0.861. The van der Waals surface area contributed by atoms with Gasteiger partial charge < -0.3 is 5.32 Å². The van der Waals surface area contributed by atoms with Gasteiger partial charge in [0.25, 0.3) is 0 Å². The molecule has 0 aromatic carbocycles. The van der Waals surface area contributed by atoms with E-state index in [-0.39, 0.29) is 5.75 Å². The van der Waals surface area contributed by atoms with E-state index in [4.69, 9.17) is 5.26 Å². The zero-order valence-corrected chi connectivity index (χ0v) is 11.4. The van der Waals surface area contributed by atoms with E-state index in [9.17, 15) is 8.42 Å². The average molecular weight is 280 g/mol. The molecule has 1 aromatic rings. The van der Waals surface area contributed by atoms with Gasteiger partial charge >= 0.3 is 0 Å². The van der Waals surface area contributed by atoms with E-state index < -0.39 is 10.0 Å². The van der Waals surface area contributed by atoms with Gasteiger partial charge in [-0.3, -0.25) is 0 Å². The molecule has 7 heteroatoms. The summed E-state index contributed by atoms with van der Waals surface area (Å²) >= 11 is 0. The van der Waals surface area contributed by atoms with Gasteiger partial charge in [-0.05, 0) is 25.0 Å². The SMILES string of the molecule is N#Cc1ccc(NCCS(=O)(=O)N2CCCC2)cn1. The lowest BCUT2D eigenvalue weighted by atomic mass is 10.3. The van der Waals surface area contributed by atoms with E-state index in [1.165, 1.54) is 6.20 Å². The van der Waals surface area contributed by atoms with Crippen LogP contribution in [0.2, 0.25) is 0 Å². The van der Waals surface area contributed by atoms with Gasteiger partial charge in [-0.1, -0.05) is 0 Å². The van der Waals surface area contributed by atoms with Crippen molar-refractivity contribution in [3.63, 3.8) is 0 Å². The molecule has 0 aliphatic carbocycles. The predicted molar refractivity (Wildman–Crippen MR) is 72.0 cm³/mol. The second-order valence-corrected chi connectivity index (χ2v) is 6.48. The van der Waals surface area contributed by atoms with Gasteiger partial charge in [0.15, 0.2) is 0 Å². The van der Waals surface area contributed by atoms with Gasteiger partial charge in [0.1, 0.15) is 11.8 Å². The molecule has 1 aromatic heterocycles. The molecule has 2 heterocycles. The van der Waals surface area contributed by atoms with Crippen molar-refractivity contribution in [1.29, 1.82) is 5.26 Å². The van der Waals surface area contributed by atoms with Crippen LogP contribution in [0.15, 0.2) is 18.3 Å². The molecule has 1 fully saturated rings. The van der Waals surface area contributed by atoms with Crippen molar-refractivity contribution in [3.05, 3.63) is 24.0 Å². The molecule has 2 rings (SSSR count). The highest BCUT2D eigenvalue weighted by molar-refractivity contribution is 7.89. The molecule has 0 spiro atoms. The van der Waals surface area contributed by atoms with E-state index in [1.807, 2.05) is 6.07 Å². The summed E-state index contributed by atoms with van der Waals surface area (Å²) < 4.78 is 25.4. The summed E-state index contributed by atoms with van der Waals surface area (Å²) in [5.41, 5.74) is 1.06. The second-order valence-electron chi connectivity index (χ2n) is 4.39. The lowest BCUT2D eigenvalue weighted by Gasteiger charge is -2.15. The number of hydrogen-bond acceptors (Lipinski definition) is 5. The Hall–Kier alpha value is -1.65. The van der Waals surface area contributed by atoms with Crippen LogP contribution < -0.4 is 5.32 Å². The van der Waals surface area contributed by atoms with E-state index in [2.05, 4.69) is 10.3 Å². The molecular formula is C12H16N4O2S. The van der Waals surface area contributed by atoms with Crippen molar-refractivity contribution >= 4 is 15.7 Å². The smallest absolute Gasteiger partial charge is 0.215 e. The van der Waals surface area contributed by atoms with Crippen LogP contribution in [0.3, 0.4) is 0 Å². The average Bonchev–Trinajstić information content (AvgIpc) is 2.94. The Labute approximate surface area is 113 Å². The van der Waals surface area contributed by atoms with Crippen molar-refractivity contribution in [2.45, 2.75) is 12.8 Å². The van der Waals surface area contributed by atoms with Gasteiger partial charge in [-0.15, -0.1) is 0 Å². The molecule has 1 saturated heterocycles. The fourth-order valence-electron chi connectivity index (χ4n) is 1.98. The summed E-state index contributed by atoms with van der Waals surface area (Å²) in [6.07, 6.45) is 3.43. The van der Waals surface area contributed by atoms with Gasteiger partial charge in [0.05, 0.1) is 17.6 Å². The maximum absolute atomic E-state index is 12.0. The van der Waals surface area contributed by atoms with E-state index >= 15 is 0 Å². The fraction of sp³-hybridized carbons (Fsp3) is 0.500. The minimum atomic E-state index is -3.14. The molecular weight excluding hydrogens is 264 g/mol. The Morgan fingerprint density at radius 1 is 1.37 bits per heavy atom. The molecule has 0 bridgehead atoms. The molecule has 6 nitrogen and oxygen atoms in total. The third kappa shape index (κ3) is 3.66. The van der Waals surface area contributed by atoms with Crippen LogP contribution in [-0.2, 0) is 10.0 Å². The first-order valence-electron chi connectivity index (χ1n) is 6.20. The van der Waals surface area contributed by atoms with Crippen molar-refractivity contribution < 1.29 is 8.42 Å². The fourth-order valence-corrected chi connectivity index (χ4v) is 3.42. The van der Waals surface area contributed by atoms with Gasteiger partial charge in [-0.2, -0.15) is 5.26 Å². The first-order valence-corrected chi connectivity index (χ1v) is 7.80. The maximum Gasteiger partial charge on any atom is 0.215 e. The Balaban J connectivity index is 1.84. The lowest BCUT2D eigenvalue weighted by Crippen LogP contribution is -2.32. The predicted octanol–water partition coefficient (Wildman–Crippen LogP) is 0.791. The monoisotopic (exact) mass is 280 g/mol. The summed E-state index contributed by atoms with van der Waals surface area (Å²) in [6, 6.07) is 5.24. The third-order valence-corrected chi connectivity index (χ3v) is 4.90. The van der Waals surface area contributed by atoms with Crippen molar-refractivity contribution in [1.82, 2.24) is 9.29 Å². The third-order valence-electron chi connectivity index (χ3n) is 3.03. The number of anilines is 1. The summed E-state index contributed by atoms with van der Waals surface area (Å²) in [5.74, 6) is 0.0764. The Morgan fingerprint density at radius 2 is 2.11 bits per heavy atom. The van der Waals surface area contributed by atoms with Crippen LogP contribution >= 0.6 is 0 Å². The van der Waals surface area contributed by atoms with Gasteiger partial charge in [0, 0.05) is 19.6 Å². The van der Waals surface area contributed by atoms with Crippen LogP contribution in [-0.4, -0.2) is 43.1 Å². The van der Waals surface area contributed by atoms with Crippen molar-refractivity contribution in [2.24, 2.45) is 0 Å². The number of rotatable bonds is 5. The zero-order chi connectivity index (χ0) is 13.7. The number of pyridine rings is 1. The summed E-state index contributed by atoms with van der Waals surface area (Å²) in [7, 11) is -3.14. The molecule has 1 aliphatic heterocycles. The summed E-state index contributed by atoms with van der Waals surface area (Å²) in [6.45, 7) is 1.62. The Bertz CT molecular complexity index is 556. The van der Waals surface area contributed by atoms with Crippen LogP contribution in [0.4, 0.5) is 5.69 Å². The Kier molecular flexibility index (Phi) is 4.35. The molecule has 0 atom stereocenters. The molecule has 0 radical (unpaired) electrons. The van der Waals surface area contributed by atoms with Gasteiger partial charge in [-0.25, -0.2) is 17.7 Å². The molecule has 19 heavy (non-hydrogen) atoms. The maximum atomic E-state index is 12.0. The number of nitrogens with zero attached hydrogens (tertiary/aromatic N) is 3. The number of sulfonamides is 1. The molecule has 0 saturated carbocycles. The van der Waals surface area contributed by atoms with Crippen molar-refractivity contribution in [3.8, 4) is 6.07 Å². The first-order chi connectivity index (χ1) is 9.12. The van der Waals surface area contributed by atoms with Gasteiger partial charge in [0.2, 0.25) is 10.0 Å². The summed E-state index contributed by atoms with van der Waals surface area (Å²) in [4.78, 5) is 3.91. The minimum absolute atomic E-state index is 0.0764.